The molecule has 34 heavy (non-hydrogen) atoms. The Balaban J connectivity index is 1.66. The van der Waals surface area contributed by atoms with Gasteiger partial charge < -0.3 is 19.0 Å². The second-order valence-electron chi connectivity index (χ2n) is 9.30. The van der Waals surface area contributed by atoms with Crippen molar-refractivity contribution in [2.75, 3.05) is 26.3 Å². The van der Waals surface area contributed by atoms with E-state index < -0.39 is 0 Å². The topological polar surface area (TPSA) is 63.0 Å². The second kappa shape index (κ2) is 14.0. The van der Waals surface area contributed by atoms with Crippen molar-refractivity contribution in [2.24, 2.45) is 5.92 Å². The number of nitrogens with zero attached hydrogens (tertiary/aromatic N) is 2. The summed E-state index contributed by atoms with van der Waals surface area (Å²) in [4.78, 5) is 30.1. The lowest BCUT2D eigenvalue weighted by molar-refractivity contribution is -0.141. The first-order chi connectivity index (χ1) is 16.5. The Morgan fingerprint density at radius 3 is 2.44 bits per heavy atom. The van der Waals surface area contributed by atoms with Crippen molar-refractivity contribution in [3.63, 3.8) is 0 Å². The first kappa shape index (κ1) is 26.0. The van der Waals surface area contributed by atoms with Crippen LogP contribution in [0.15, 0.2) is 46.9 Å². The van der Waals surface area contributed by atoms with Crippen molar-refractivity contribution in [3.05, 3.63) is 59.5 Å². The molecule has 1 aromatic heterocycles. The van der Waals surface area contributed by atoms with Crippen molar-refractivity contribution >= 4 is 11.8 Å². The van der Waals surface area contributed by atoms with Gasteiger partial charge in [-0.25, -0.2) is 0 Å². The van der Waals surface area contributed by atoms with E-state index in [4.69, 9.17) is 9.15 Å². The summed E-state index contributed by atoms with van der Waals surface area (Å²) in [6, 6.07) is 13.8. The number of furan rings is 1. The van der Waals surface area contributed by atoms with Crippen LogP contribution in [0.1, 0.15) is 69.0 Å². The maximum absolute atomic E-state index is 13.5. The van der Waals surface area contributed by atoms with Gasteiger partial charge in [-0.3, -0.25) is 9.59 Å². The lowest BCUT2D eigenvalue weighted by atomic mass is 10.0. The molecule has 3 rings (SSSR count). The van der Waals surface area contributed by atoms with Crippen LogP contribution in [0.2, 0.25) is 0 Å². The fraction of sp³-hybridized carbons (Fsp3) is 0.571. The van der Waals surface area contributed by atoms with Crippen molar-refractivity contribution in [3.8, 4) is 0 Å². The van der Waals surface area contributed by atoms with Gasteiger partial charge in [0.2, 0.25) is 11.8 Å². The highest BCUT2D eigenvalue weighted by atomic mass is 16.5. The molecule has 1 fully saturated rings. The molecule has 0 bridgehead atoms. The number of carbonyl (C=O) groups is 2. The van der Waals surface area contributed by atoms with Gasteiger partial charge in [0.25, 0.3) is 0 Å². The molecule has 0 aliphatic heterocycles. The van der Waals surface area contributed by atoms with Gasteiger partial charge in [0.15, 0.2) is 0 Å². The Labute approximate surface area is 204 Å². The second-order valence-corrected chi connectivity index (χ2v) is 9.30. The van der Waals surface area contributed by atoms with Crippen LogP contribution in [-0.4, -0.2) is 47.9 Å². The van der Waals surface area contributed by atoms with Gasteiger partial charge in [0.1, 0.15) is 11.5 Å². The minimum atomic E-state index is -0.0662. The summed E-state index contributed by atoms with van der Waals surface area (Å²) in [5, 5.41) is 0. The fourth-order valence-electron chi connectivity index (χ4n) is 4.64. The summed E-state index contributed by atoms with van der Waals surface area (Å²) in [7, 11) is 0. The van der Waals surface area contributed by atoms with E-state index in [-0.39, 0.29) is 18.4 Å². The molecule has 6 heteroatoms. The van der Waals surface area contributed by atoms with E-state index in [9.17, 15) is 9.59 Å². The summed E-state index contributed by atoms with van der Waals surface area (Å²) in [5.41, 5.74) is 1.05. The minimum absolute atomic E-state index is 0.0662. The fourth-order valence-corrected chi connectivity index (χ4v) is 4.64. The van der Waals surface area contributed by atoms with Gasteiger partial charge in [-0.1, -0.05) is 56.0 Å². The zero-order chi connectivity index (χ0) is 24.2. The molecule has 0 unspecified atom stereocenters. The number of amides is 2. The Bertz CT molecular complexity index is 874. The molecule has 2 amide bonds. The molecule has 2 aromatic rings. The third-order valence-electron chi connectivity index (χ3n) is 6.55. The van der Waals surface area contributed by atoms with Crippen LogP contribution in [0.4, 0.5) is 0 Å². The maximum atomic E-state index is 13.5. The summed E-state index contributed by atoms with van der Waals surface area (Å²) in [6.45, 7) is 6.59. The van der Waals surface area contributed by atoms with Crippen LogP contribution < -0.4 is 0 Å². The first-order valence-electron chi connectivity index (χ1n) is 12.8. The average Bonchev–Trinajstić information content (AvgIpc) is 3.51. The summed E-state index contributed by atoms with van der Waals surface area (Å²) < 4.78 is 11.2. The van der Waals surface area contributed by atoms with Gasteiger partial charge in [-0.05, 0) is 50.3 Å². The molecule has 0 N–H and O–H groups in total. The Kier molecular flexibility index (Phi) is 10.7. The number of benzene rings is 1. The third-order valence-corrected chi connectivity index (χ3v) is 6.55. The zero-order valence-corrected chi connectivity index (χ0v) is 20.8. The maximum Gasteiger partial charge on any atom is 0.242 e. The van der Waals surface area contributed by atoms with E-state index in [1.165, 1.54) is 25.7 Å². The van der Waals surface area contributed by atoms with Crippen LogP contribution in [0.5, 0.6) is 0 Å². The minimum Gasteiger partial charge on any atom is -0.464 e. The number of rotatable bonds is 14. The standard InChI is InChI=1S/C28H40N2O4/c1-3-33-19-9-18-29(27(31)17-15-24-10-7-8-11-24)22-28(32)30(20-25-12-5-4-6-13-25)21-26-16-14-23(2)34-26/h4-6,12-14,16,24H,3,7-11,15,17-22H2,1-2H3. The Morgan fingerprint density at radius 1 is 1.00 bits per heavy atom. The molecule has 1 aliphatic rings. The predicted molar refractivity (Wildman–Crippen MR) is 133 cm³/mol. The first-order valence-corrected chi connectivity index (χ1v) is 12.8. The van der Waals surface area contributed by atoms with E-state index in [0.717, 1.165) is 29.9 Å². The molecule has 186 valence electrons. The normalized spacial score (nSPS) is 13.8. The highest BCUT2D eigenvalue weighted by molar-refractivity contribution is 5.84. The van der Waals surface area contributed by atoms with Gasteiger partial charge >= 0.3 is 0 Å². The Morgan fingerprint density at radius 2 is 1.76 bits per heavy atom. The SMILES string of the molecule is CCOCCCN(CC(=O)N(Cc1ccccc1)Cc1ccc(C)o1)C(=O)CCC1CCCC1. The van der Waals surface area contributed by atoms with Crippen molar-refractivity contribution in [1.29, 1.82) is 0 Å². The van der Waals surface area contributed by atoms with E-state index in [1.807, 2.05) is 56.3 Å². The van der Waals surface area contributed by atoms with E-state index >= 15 is 0 Å². The molecule has 1 heterocycles. The van der Waals surface area contributed by atoms with Gasteiger partial charge in [0, 0.05) is 32.7 Å². The van der Waals surface area contributed by atoms with E-state index in [2.05, 4.69) is 0 Å². The van der Waals surface area contributed by atoms with Gasteiger partial charge in [-0.2, -0.15) is 0 Å². The number of hydrogen-bond donors (Lipinski definition) is 0. The van der Waals surface area contributed by atoms with Crippen molar-refractivity contribution in [2.45, 2.75) is 71.9 Å². The van der Waals surface area contributed by atoms with E-state index in [1.54, 1.807) is 9.80 Å². The van der Waals surface area contributed by atoms with Crippen LogP contribution in [0.3, 0.4) is 0 Å². The Hall–Kier alpha value is -2.60. The summed E-state index contributed by atoms with van der Waals surface area (Å²) >= 11 is 0. The molecule has 0 radical (unpaired) electrons. The molecule has 0 saturated heterocycles. The molecular weight excluding hydrogens is 428 g/mol. The lowest BCUT2D eigenvalue weighted by Gasteiger charge is -2.28. The van der Waals surface area contributed by atoms with Crippen LogP contribution >= 0.6 is 0 Å². The predicted octanol–water partition coefficient (Wildman–Crippen LogP) is 5.34. The number of aryl methyl sites for hydroxylation is 1. The molecule has 0 spiro atoms. The van der Waals surface area contributed by atoms with Crippen molar-refractivity contribution < 1.29 is 18.7 Å². The molecule has 1 aliphatic carbocycles. The number of carbonyl (C=O) groups excluding carboxylic acids is 2. The number of ether oxygens (including phenoxy) is 1. The smallest absolute Gasteiger partial charge is 0.242 e. The highest BCUT2D eigenvalue weighted by Crippen LogP contribution is 2.28. The quantitative estimate of drug-likeness (QED) is 0.351. The molecular formula is C28H40N2O4. The molecule has 0 atom stereocenters. The molecule has 1 aromatic carbocycles. The average molecular weight is 469 g/mol. The molecule has 1 saturated carbocycles. The van der Waals surface area contributed by atoms with Gasteiger partial charge in [0.05, 0.1) is 13.1 Å². The summed E-state index contributed by atoms with van der Waals surface area (Å²) in [6.07, 6.45) is 7.17. The lowest BCUT2D eigenvalue weighted by Crippen LogP contribution is -2.43. The monoisotopic (exact) mass is 468 g/mol. The van der Waals surface area contributed by atoms with E-state index in [0.29, 0.717) is 45.2 Å². The van der Waals surface area contributed by atoms with Gasteiger partial charge in [-0.15, -0.1) is 0 Å². The third kappa shape index (κ3) is 8.64. The summed E-state index contributed by atoms with van der Waals surface area (Å²) in [5.74, 6) is 2.23. The number of hydrogen-bond acceptors (Lipinski definition) is 4. The highest BCUT2D eigenvalue weighted by Gasteiger charge is 2.24. The zero-order valence-electron chi connectivity index (χ0n) is 20.8. The molecule has 6 nitrogen and oxygen atoms in total. The largest absolute Gasteiger partial charge is 0.464 e. The van der Waals surface area contributed by atoms with Crippen LogP contribution in [-0.2, 0) is 27.4 Å². The van der Waals surface area contributed by atoms with Crippen LogP contribution in [0, 0.1) is 12.8 Å². The van der Waals surface area contributed by atoms with Crippen LogP contribution in [0.25, 0.3) is 0 Å². The van der Waals surface area contributed by atoms with Crippen molar-refractivity contribution in [1.82, 2.24) is 9.80 Å².